The molecule has 1 N–H and O–H groups in total. The Morgan fingerprint density at radius 2 is 2.12 bits per heavy atom. The van der Waals surface area contributed by atoms with Crippen molar-refractivity contribution in [1.29, 1.82) is 0 Å². The summed E-state index contributed by atoms with van der Waals surface area (Å²) in [6.07, 6.45) is -0.0609. The average molecular weight is 243 g/mol. The molecule has 1 amide bonds. The van der Waals surface area contributed by atoms with Crippen LogP contribution in [0.15, 0.2) is 0 Å². The highest BCUT2D eigenvalue weighted by Gasteiger charge is 2.40. The Balaban J connectivity index is 1.98. The number of nitrogens with zero attached hydrogens (tertiary/aromatic N) is 1. The van der Waals surface area contributed by atoms with E-state index in [1.165, 1.54) is 0 Å². The predicted octanol–water partition coefficient (Wildman–Crippen LogP) is -0.277. The smallest absolute Gasteiger partial charge is 0.308 e. The first-order chi connectivity index (χ1) is 8.11. The first-order valence-corrected chi connectivity index (χ1v) is 5.84. The molecule has 6 nitrogen and oxygen atoms in total. The van der Waals surface area contributed by atoms with Crippen LogP contribution < -0.4 is 0 Å². The van der Waals surface area contributed by atoms with Crippen LogP contribution in [0.25, 0.3) is 0 Å². The van der Waals surface area contributed by atoms with Crippen molar-refractivity contribution < 1.29 is 24.2 Å². The molecule has 0 spiro atoms. The van der Waals surface area contributed by atoms with Crippen LogP contribution in [0.1, 0.15) is 13.3 Å². The quantitative estimate of drug-likeness (QED) is 0.722. The summed E-state index contributed by atoms with van der Waals surface area (Å²) in [7, 11) is 0. The van der Waals surface area contributed by atoms with Gasteiger partial charge in [0.25, 0.3) is 5.91 Å². The fourth-order valence-electron chi connectivity index (χ4n) is 2.40. The molecule has 96 valence electrons. The lowest BCUT2D eigenvalue weighted by molar-refractivity contribution is -0.159. The average Bonchev–Trinajstić information content (AvgIpc) is 2.71. The molecule has 0 saturated carbocycles. The maximum atomic E-state index is 12.1. The maximum Gasteiger partial charge on any atom is 0.308 e. The molecular formula is C11H17NO5. The molecule has 0 aliphatic carbocycles. The Hall–Kier alpha value is -1.14. The summed E-state index contributed by atoms with van der Waals surface area (Å²) >= 11 is 0. The third kappa shape index (κ3) is 2.42. The highest BCUT2D eigenvalue weighted by atomic mass is 16.6. The van der Waals surface area contributed by atoms with Crippen LogP contribution in [0, 0.1) is 5.92 Å². The van der Waals surface area contributed by atoms with Gasteiger partial charge in [0.1, 0.15) is 0 Å². The fraction of sp³-hybridized carbons (Fsp3) is 0.818. The number of carbonyl (C=O) groups is 2. The number of rotatable bonds is 2. The summed E-state index contributed by atoms with van der Waals surface area (Å²) in [6.45, 7) is 3.45. The van der Waals surface area contributed by atoms with E-state index in [2.05, 4.69) is 0 Å². The topological polar surface area (TPSA) is 76.1 Å². The largest absolute Gasteiger partial charge is 0.481 e. The lowest BCUT2D eigenvalue weighted by atomic mass is 10.0. The zero-order valence-corrected chi connectivity index (χ0v) is 9.80. The lowest BCUT2D eigenvalue weighted by Gasteiger charge is -2.29. The summed E-state index contributed by atoms with van der Waals surface area (Å²) in [4.78, 5) is 24.7. The molecule has 2 aliphatic heterocycles. The van der Waals surface area contributed by atoms with Crippen LogP contribution in [-0.4, -0.2) is 60.4 Å². The Kier molecular flexibility index (Phi) is 3.63. The van der Waals surface area contributed by atoms with Gasteiger partial charge in [-0.3, -0.25) is 9.59 Å². The van der Waals surface area contributed by atoms with Gasteiger partial charge in [-0.15, -0.1) is 0 Å². The van der Waals surface area contributed by atoms with Crippen LogP contribution in [0.5, 0.6) is 0 Å². The Morgan fingerprint density at radius 1 is 1.35 bits per heavy atom. The Labute approximate surface area is 99.5 Å². The number of likely N-dealkylation sites (tertiary alicyclic amines) is 1. The van der Waals surface area contributed by atoms with Crippen LogP contribution in [0.3, 0.4) is 0 Å². The van der Waals surface area contributed by atoms with E-state index in [0.717, 1.165) is 0 Å². The number of amides is 1. The number of hydrogen-bond acceptors (Lipinski definition) is 4. The molecule has 2 fully saturated rings. The van der Waals surface area contributed by atoms with Crippen LogP contribution >= 0.6 is 0 Å². The van der Waals surface area contributed by atoms with Gasteiger partial charge >= 0.3 is 5.97 Å². The molecule has 0 aromatic carbocycles. The van der Waals surface area contributed by atoms with E-state index >= 15 is 0 Å². The van der Waals surface area contributed by atoms with E-state index in [1.54, 1.807) is 11.8 Å². The molecule has 2 rings (SSSR count). The van der Waals surface area contributed by atoms with E-state index in [4.69, 9.17) is 14.6 Å². The SMILES string of the molecule is CC1C(C(=O)O)CCN1C(=O)C1COCCO1. The Morgan fingerprint density at radius 3 is 2.65 bits per heavy atom. The van der Waals surface area contributed by atoms with Gasteiger partial charge < -0.3 is 19.5 Å². The fourth-order valence-corrected chi connectivity index (χ4v) is 2.40. The van der Waals surface area contributed by atoms with Crippen molar-refractivity contribution in [1.82, 2.24) is 4.90 Å². The van der Waals surface area contributed by atoms with Gasteiger partial charge in [-0.05, 0) is 13.3 Å². The minimum atomic E-state index is -0.839. The molecule has 3 atom stereocenters. The molecule has 3 unspecified atom stereocenters. The third-order valence-corrected chi connectivity index (χ3v) is 3.45. The zero-order valence-electron chi connectivity index (χ0n) is 9.80. The van der Waals surface area contributed by atoms with Crippen molar-refractivity contribution in [3.63, 3.8) is 0 Å². The second-order valence-electron chi connectivity index (χ2n) is 4.44. The van der Waals surface area contributed by atoms with Gasteiger partial charge in [0, 0.05) is 12.6 Å². The van der Waals surface area contributed by atoms with E-state index in [-0.39, 0.29) is 18.6 Å². The molecule has 2 saturated heterocycles. The van der Waals surface area contributed by atoms with Gasteiger partial charge in [-0.2, -0.15) is 0 Å². The molecule has 17 heavy (non-hydrogen) atoms. The predicted molar refractivity (Wildman–Crippen MR) is 57.5 cm³/mol. The summed E-state index contributed by atoms with van der Waals surface area (Å²) in [5, 5.41) is 9.00. The minimum absolute atomic E-state index is 0.152. The first kappa shape index (κ1) is 12.3. The summed E-state index contributed by atoms with van der Waals surface area (Å²) in [5.41, 5.74) is 0. The zero-order chi connectivity index (χ0) is 12.4. The lowest BCUT2D eigenvalue weighted by Crippen LogP contribution is -2.47. The van der Waals surface area contributed by atoms with Gasteiger partial charge in [-0.1, -0.05) is 0 Å². The van der Waals surface area contributed by atoms with Crippen molar-refractivity contribution in [2.45, 2.75) is 25.5 Å². The summed E-state index contributed by atoms with van der Waals surface area (Å²) in [5.74, 6) is -1.46. The molecule has 2 heterocycles. The molecule has 0 aromatic heterocycles. The number of carboxylic acids is 1. The molecular weight excluding hydrogens is 226 g/mol. The van der Waals surface area contributed by atoms with E-state index in [9.17, 15) is 9.59 Å². The first-order valence-electron chi connectivity index (χ1n) is 5.84. The van der Waals surface area contributed by atoms with E-state index in [0.29, 0.717) is 26.2 Å². The van der Waals surface area contributed by atoms with Gasteiger partial charge in [0.15, 0.2) is 6.10 Å². The second-order valence-corrected chi connectivity index (χ2v) is 4.44. The summed E-state index contributed by atoms with van der Waals surface area (Å²) < 4.78 is 10.5. The monoisotopic (exact) mass is 243 g/mol. The minimum Gasteiger partial charge on any atom is -0.481 e. The molecule has 6 heteroatoms. The molecule has 2 aliphatic rings. The number of carbonyl (C=O) groups excluding carboxylic acids is 1. The van der Waals surface area contributed by atoms with E-state index < -0.39 is 18.0 Å². The maximum absolute atomic E-state index is 12.1. The number of ether oxygens (including phenoxy) is 2. The van der Waals surface area contributed by atoms with Crippen molar-refractivity contribution in [3.8, 4) is 0 Å². The van der Waals surface area contributed by atoms with Crippen molar-refractivity contribution in [2.24, 2.45) is 5.92 Å². The molecule has 0 bridgehead atoms. The highest BCUT2D eigenvalue weighted by Crippen LogP contribution is 2.25. The summed E-state index contributed by atoms with van der Waals surface area (Å²) in [6, 6.07) is -0.273. The normalized spacial score (nSPS) is 33.7. The Bertz CT molecular complexity index is 313. The van der Waals surface area contributed by atoms with Crippen molar-refractivity contribution >= 4 is 11.9 Å². The number of aliphatic carboxylic acids is 1. The highest BCUT2D eigenvalue weighted by molar-refractivity contribution is 5.83. The van der Waals surface area contributed by atoms with Crippen molar-refractivity contribution in [2.75, 3.05) is 26.4 Å². The van der Waals surface area contributed by atoms with Gasteiger partial charge in [0.2, 0.25) is 0 Å². The standard InChI is InChI=1S/C11H17NO5/c1-7-8(11(14)15)2-3-12(7)10(13)9-6-16-4-5-17-9/h7-9H,2-6H2,1H3,(H,14,15). The van der Waals surface area contributed by atoms with Crippen LogP contribution in [0.2, 0.25) is 0 Å². The van der Waals surface area contributed by atoms with Gasteiger partial charge in [-0.25, -0.2) is 0 Å². The van der Waals surface area contributed by atoms with Crippen LogP contribution in [0.4, 0.5) is 0 Å². The molecule has 0 radical (unpaired) electrons. The number of hydrogen-bond donors (Lipinski definition) is 1. The van der Waals surface area contributed by atoms with Crippen molar-refractivity contribution in [3.05, 3.63) is 0 Å². The molecule has 0 aromatic rings. The second kappa shape index (κ2) is 5.01. The van der Waals surface area contributed by atoms with Gasteiger partial charge in [0.05, 0.1) is 25.7 Å². The van der Waals surface area contributed by atoms with Crippen LogP contribution in [-0.2, 0) is 19.1 Å². The van der Waals surface area contributed by atoms with E-state index in [1.807, 2.05) is 0 Å². The number of carboxylic acid groups (broad SMARTS) is 1. The third-order valence-electron chi connectivity index (χ3n) is 3.45.